The number of guanidine groups is 1. The molecule has 2 rings (SSSR count). The summed E-state index contributed by atoms with van der Waals surface area (Å²) in [6.45, 7) is 10.2. The Labute approximate surface area is 308 Å². The van der Waals surface area contributed by atoms with Crippen molar-refractivity contribution in [3.8, 4) is 0 Å². The summed E-state index contributed by atoms with van der Waals surface area (Å²) in [6, 6.07) is 7.71. The Morgan fingerprint density at radius 1 is 1.08 bits per heavy atom. The Kier molecular flexibility index (Phi) is 25.2. The molecule has 4 atom stereocenters. The summed E-state index contributed by atoms with van der Waals surface area (Å²) < 4.78 is 4.11. The number of rotatable bonds is 16. The summed E-state index contributed by atoms with van der Waals surface area (Å²) in [6.07, 6.45) is 6.90. The number of benzene rings is 1. The minimum Gasteiger partial charge on any atom is -0.469 e. The predicted octanol–water partition coefficient (Wildman–Crippen LogP) is 2.35. The van der Waals surface area contributed by atoms with Gasteiger partial charge in [0.2, 0.25) is 17.7 Å². The van der Waals surface area contributed by atoms with Crippen LogP contribution in [-0.4, -0.2) is 90.7 Å². The highest BCUT2D eigenvalue weighted by atomic mass is 31.0. The third-order valence-corrected chi connectivity index (χ3v) is 7.87. The molecular formula is C33H57N10O8P. The predicted molar refractivity (Wildman–Crippen MR) is 202 cm³/mol. The van der Waals surface area contributed by atoms with Crippen LogP contribution in [0.1, 0.15) is 90.9 Å². The Hall–Kier alpha value is -4.86. The van der Waals surface area contributed by atoms with Crippen LogP contribution in [0, 0.1) is 16.0 Å². The molecule has 5 amide bonds. The number of nitrogens with one attached hydrogen (secondary N) is 5. The van der Waals surface area contributed by atoms with Crippen LogP contribution in [0.2, 0.25) is 0 Å². The first-order valence-electron chi connectivity index (χ1n) is 17.3. The molecule has 0 aliphatic carbocycles. The molecule has 1 aliphatic heterocycles. The zero-order valence-corrected chi connectivity index (χ0v) is 32.2. The van der Waals surface area contributed by atoms with Crippen LogP contribution in [-0.2, 0) is 23.9 Å². The van der Waals surface area contributed by atoms with Gasteiger partial charge in [0.05, 0.1) is 19.4 Å². The van der Waals surface area contributed by atoms with E-state index in [2.05, 4.69) is 50.9 Å². The molecule has 1 saturated heterocycles. The van der Waals surface area contributed by atoms with Crippen LogP contribution in [0.4, 0.5) is 4.79 Å². The van der Waals surface area contributed by atoms with Gasteiger partial charge in [-0.25, -0.2) is 20.3 Å². The lowest BCUT2D eigenvalue weighted by Crippen LogP contribution is -2.53. The molecule has 1 aromatic rings. The molecule has 52 heavy (non-hydrogen) atoms. The zero-order valence-electron chi connectivity index (χ0n) is 31.1. The largest absolute Gasteiger partial charge is 0.469 e. The topological polar surface area (TPSA) is 252 Å². The number of methoxy groups -OCH3 is 1. The van der Waals surface area contributed by atoms with Gasteiger partial charge in [-0.05, 0) is 44.6 Å². The molecule has 19 heteroatoms. The van der Waals surface area contributed by atoms with Crippen LogP contribution in [0.3, 0.4) is 0 Å². The van der Waals surface area contributed by atoms with Crippen molar-refractivity contribution in [1.82, 2.24) is 31.6 Å². The number of ether oxygens (including phenoxy) is 1. The summed E-state index contributed by atoms with van der Waals surface area (Å²) in [5, 5.41) is 26.4. The fourth-order valence-corrected chi connectivity index (χ4v) is 5.13. The van der Waals surface area contributed by atoms with Crippen LogP contribution in [0.25, 0.3) is 0 Å². The Bertz CT molecular complexity index is 1310. The van der Waals surface area contributed by atoms with E-state index in [0.717, 1.165) is 37.7 Å². The van der Waals surface area contributed by atoms with E-state index in [4.69, 9.17) is 5.73 Å². The Morgan fingerprint density at radius 3 is 2.23 bits per heavy atom. The van der Waals surface area contributed by atoms with Gasteiger partial charge in [0.15, 0.2) is 5.03 Å². The first-order chi connectivity index (χ1) is 24.7. The number of likely N-dealkylation sites (tertiary alicyclic amines) is 1. The van der Waals surface area contributed by atoms with Crippen molar-refractivity contribution in [1.29, 1.82) is 0 Å². The number of carbonyl (C=O) groups is 5. The van der Waals surface area contributed by atoms with Crippen LogP contribution in [0.5, 0.6) is 0 Å². The van der Waals surface area contributed by atoms with Crippen LogP contribution < -0.4 is 32.4 Å². The van der Waals surface area contributed by atoms with Gasteiger partial charge >= 0.3 is 12.0 Å². The van der Waals surface area contributed by atoms with Crippen molar-refractivity contribution in [2.24, 2.45) is 21.9 Å². The summed E-state index contributed by atoms with van der Waals surface area (Å²) in [7, 11) is 3.90. The van der Waals surface area contributed by atoms with Gasteiger partial charge < -0.3 is 36.6 Å². The number of esters is 1. The molecule has 0 aromatic heterocycles. The van der Waals surface area contributed by atoms with E-state index in [1.165, 1.54) is 20.2 Å². The summed E-state index contributed by atoms with van der Waals surface area (Å²) >= 11 is 0. The van der Waals surface area contributed by atoms with Gasteiger partial charge in [0.1, 0.15) is 17.2 Å². The van der Waals surface area contributed by atoms with E-state index in [0.29, 0.717) is 25.9 Å². The molecule has 4 unspecified atom stereocenters. The van der Waals surface area contributed by atoms with Gasteiger partial charge in [0, 0.05) is 32.1 Å². The molecule has 0 saturated carbocycles. The van der Waals surface area contributed by atoms with E-state index >= 15 is 0 Å². The molecule has 1 aliphatic rings. The molecule has 0 spiro atoms. The smallest absolute Gasteiger partial charge is 0.335 e. The monoisotopic (exact) mass is 752 g/mol. The number of urea groups is 1. The minimum absolute atomic E-state index is 0.0989. The maximum Gasteiger partial charge on any atom is 0.335 e. The molecular weight excluding hydrogens is 695 g/mol. The van der Waals surface area contributed by atoms with E-state index in [1.807, 2.05) is 51.1 Å². The maximum absolute atomic E-state index is 13.0. The standard InChI is InChI=1S/C26H41N6O4P.C4H10N4O2.C3H6O2/c1-4-10-19(11-5-2)22(33)29-18(3)25(35)32-17-9-14-21(32)23(34)27-15-16-28-31-26(36)30-24(37)20-12-7-6-8-13-20;1-2-3-6-4(5)7-8(9)10;1-3(4)5-2/h6-8,12-13,16,18-19,21,24H,4-5,9-11,14-15,17,37H2,1-3H3,(H,27,34)(H,29,33)(H2,30,31,36);2-3H2,1H3,(H3,5,6,7);1-2H3/b28-16+;;. The average Bonchev–Trinajstić information content (AvgIpc) is 3.61. The second-order valence-corrected chi connectivity index (χ2v) is 12.2. The summed E-state index contributed by atoms with van der Waals surface area (Å²) in [5.41, 5.74) is 8.36. The van der Waals surface area contributed by atoms with Gasteiger partial charge in [-0.3, -0.25) is 19.2 Å². The Balaban J connectivity index is 0.00000144. The highest BCUT2D eigenvalue weighted by molar-refractivity contribution is 7.17. The van der Waals surface area contributed by atoms with E-state index in [-0.39, 0.29) is 47.9 Å². The number of hydrogen-bond donors (Lipinski definition) is 6. The maximum atomic E-state index is 13.0. The molecule has 1 heterocycles. The van der Waals surface area contributed by atoms with Gasteiger partial charge in [-0.2, -0.15) is 5.10 Å². The van der Waals surface area contributed by atoms with Crippen molar-refractivity contribution >= 4 is 51.1 Å². The second-order valence-electron chi connectivity index (χ2n) is 11.6. The number of hydrogen-bond acceptors (Lipinski definition) is 9. The fraction of sp³-hybridized carbons (Fsp3) is 0.606. The quantitative estimate of drug-likeness (QED) is 0.0359. The van der Waals surface area contributed by atoms with Crippen molar-refractivity contribution in [2.45, 2.75) is 97.4 Å². The molecule has 1 aromatic carbocycles. The zero-order chi connectivity index (χ0) is 39.5. The van der Waals surface area contributed by atoms with E-state index in [9.17, 15) is 34.1 Å². The first kappa shape index (κ1) is 47.1. The van der Waals surface area contributed by atoms with Crippen molar-refractivity contribution in [3.63, 3.8) is 0 Å². The Morgan fingerprint density at radius 2 is 1.69 bits per heavy atom. The summed E-state index contributed by atoms with van der Waals surface area (Å²) in [4.78, 5) is 71.2. The van der Waals surface area contributed by atoms with E-state index in [1.54, 1.807) is 11.8 Å². The number of hydrazone groups is 2. The second kappa shape index (κ2) is 27.8. The third-order valence-electron chi connectivity index (χ3n) is 7.32. The van der Waals surface area contributed by atoms with E-state index < -0.39 is 23.1 Å². The number of nitrogens with zero attached hydrogens (tertiary/aromatic N) is 4. The third kappa shape index (κ3) is 20.7. The number of carbonyl (C=O) groups excluding carboxylic acids is 5. The molecule has 7 N–H and O–H groups in total. The molecule has 0 radical (unpaired) electrons. The van der Waals surface area contributed by atoms with Gasteiger partial charge in [-0.1, -0.05) is 63.9 Å². The lowest BCUT2D eigenvalue weighted by atomic mass is 9.97. The van der Waals surface area contributed by atoms with Crippen molar-refractivity contribution in [2.75, 3.05) is 26.7 Å². The van der Waals surface area contributed by atoms with Gasteiger partial charge in [-0.15, -0.1) is 9.24 Å². The summed E-state index contributed by atoms with van der Waals surface area (Å²) in [5.74, 6) is -1.40. The molecule has 0 bridgehead atoms. The van der Waals surface area contributed by atoms with Crippen molar-refractivity contribution in [3.05, 3.63) is 46.0 Å². The normalized spacial score (nSPS) is 14.8. The lowest BCUT2D eigenvalue weighted by molar-refractivity contribution is -0.485. The highest BCUT2D eigenvalue weighted by Crippen LogP contribution is 2.20. The number of amides is 5. The van der Waals surface area contributed by atoms with Crippen LogP contribution >= 0.6 is 9.24 Å². The van der Waals surface area contributed by atoms with Gasteiger partial charge in [0.25, 0.3) is 5.96 Å². The van der Waals surface area contributed by atoms with Crippen LogP contribution in [0.15, 0.2) is 40.5 Å². The minimum atomic E-state index is -0.835. The van der Waals surface area contributed by atoms with Crippen molar-refractivity contribution < 1.29 is 33.7 Å². The average molecular weight is 753 g/mol. The molecule has 292 valence electrons. The SMILES string of the molecule is CCCC(CCC)C(=O)NC(C)C(=O)N1CCCC1C(=O)NC/C=N/NC(=O)NC(P)c1ccccc1.CCCN/C(N)=N/[N+](=O)[O-].COC(C)=O. The first-order valence-corrected chi connectivity index (χ1v) is 17.9. The molecule has 1 fully saturated rings. The fourth-order valence-electron chi connectivity index (χ4n) is 4.76. The lowest BCUT2D eigenvalue weighted by Gasteiger charge is -2.28. The molecule has 18 nitrogen and oxygen atoms in total. The number of nitrogens with two attached hydrogens (primary N) is 1. The highest BCUT2D eigenvalue weighted by Gasteiger charge is 2.36. The number of nitro groups is 1.